The molecule has 3 aromatic rings. The molecule has 1 aromatic carbocycles. The monoisotopic (exact) mass is 416 g/mol. The van der Waals surface area contributed by atoms with Crippen molar-refractivity contribution in [2.24, 2.45) is 0 Å². The van der Waals surface area contributed by atoms with E-state index in [1.54, 1.807) is 17.2 Å². The predicted molar refractivity (Wildman–Crippen MR) is 104 cm³/mol. The maximum atomic E-state index is 14.4. The van der Waals surface area contributed by atoms with Crippen LogP contribution in [0.15, 0.2) is 36.7 Å². The number of nitrogens with one attached hydrogen (secondary N) is 2. The summed E-state index contributed by atoms with van der Waals surface area (Å²) in [5.74, 6) is -0.784. The highest BCUT2D eigenvalue weighted by atomic mass is 19.1. The standard InChI is InChI=1S/C20H19F3N6O/c21-11-1-4-15(23)14(7-11)17-8-12(22)10-28(17)18-5-6-29-19(27-18)16(9-24-29)26-20(30)25-13-2-3-13/h1,4-7,9,12-13,17H,2-3,8,10H2,(H2,25,26,30)/t12-,17-/m1/s1. The summed E-state index contributed by atoms with van der Waals surface area (Å²) >= 11 is 0. The fraction of sp³-hybridized carbons (Fsp3) is 0.350. The van der Waals surface area contributed by atoms with Gasteiger partial charge < -0.3 is 15.5 Å². The van der Waals surface area contributed by atoms with Gasteiger partial charge in [0.2, 0.25) is 0 Å². The van der Waals surface area contributed by atoms with Gasteiger partial charge in [-0.2, -0.15) is 5.10 Å². The van der Waals surface area contributed by atoms with Crippen molar-refractivity contribution in [1.29, 1.82) is 0 Å². The molecule has 2 fully saturated rings. The molecule has 0 unspecified atom stereocenters. The molecule has 1 saturated carbocycles. The Balaban J connectivity index is 1.47. The molecule has 1 aliphatic carbocycles. The molecule has 7 nitrogen and oxygen atoms in total. The Morgan fingerprint density at radius 2 is 2.03 bits per heavy atom. The molecule has 0 spiro atoms. The van der Waals surface area contributed by atoms with Gasteiger partial charge in [-0.3, -0.25) is 0 Å². The Morgan fingerprint density at radius 3 is 2.83 bits per heavy atom. The first-order valence-electron chi connectivity index (χ1n) is 9.75. The highest BCUT2D eigenvalue weighted by molar-refractivity contribution is 5.93. The molecule has 3 heterocycles. The fourth-order valence-corrected chi connectivity index (χ4v) is 3.78. The van der Waals surface area contributed by atoms with E-state index in [2.05, 4.69) is 20.7 Å². The van der Waals surface area contributed by atoms with Gasteiger partial charge in [0.05, 0.1) is 18.8 Å². The number of halogens is 3. The molecule has 1 saturated heterocycles. The molecule has 2 atom stereocenters. The summed E-state index contributed by atoms with van der Waals surface area (Å²) < 4.78 is 43.8. The molecule has 0 radical (unpaired) electrons. The van der Waals surface area contributed by atoms with Crippen molar-refractivity contribution < 1.29 is 18.0 Å². The average molecular weight is 416 g/mol. The van der Waals surface area contributed by atoms with Gasteiger partial charge in [0, 0.05) is 24.2 Å². The SMILES string of the molecule is O=C(Nc1cnn2ccc(N3C[C@H](F)C[C@@H]3c3cc(F)ccc3F)nc12)NC1CC1. The molecule has 30 heavy (non-hydrogen) atoms. The molecule has 0 bridgehead atoms. The van der Waals surface area contributed by atoms with Gasteiger partial charge in [0.15, 0.2) is 5.65 Å². The van der Waals surface area contributed by atoms with Crippen LogP contribution < -0.4 is 15.5 Å². The van der Waals surface area contributed by atoms with Crippen LogP contribution in [0, 0.1) is 11.6 Å². The van der Waals surface area contributed by atoms with Crippen LogP contribution in [-0.2, 0) is 0 Å². The average Bonchev–Trinajstić information content (AvgIpc) is 3.31. The maximum Gasteiger partial charge on any atom is 0.319 e. The van der Waals surface area contributed by atoms with E-state index in [1.165, 1.54) is 10.7 Å². The number of hydrogen-bond acceptors (Lipinski definition) is 4. The Labute approximate surface area is 169 Å². The summed E-state index contributed by atoms with van der Waals surface area (Å²) in [5, 5.41) is 9.71. The summed E-state index contributed by atoms with van der Waals surface area (Å²) in [6.45, 7) is 0.00284. The molecule has 5 rings (SSSR count). The first kappa shape index (κ1) is 18.7. The minimum Gasteiger partial charge on any atom is -0.346 e. The normalized spacial score (nSPS) is 21.2. The Hall–Kier alpha value is -3.30. The lowest BCUT2D eigenvalue weighted by Crippen LogP contribution is -2.30. The largest absolute Gasteiger partial charge is 0.346 e. The number of benzene rings is 1. The zero-order valence-corrected chi connectivity index (χ0v) is 15.9. The maximum absolute atomic E-state index is 14.4. The number of nitrogens with zero attached hydrogens (tertiary/aromatic N) is 4. The van der Waals surface area contributed by atoms with Crippen molar-refractivity contribution in [1.82, 2.24) is 19.9 Å². The Bertz CT molecular complexity index is 1120. The number of carbonyl (C=O) groups excluding carboxylic acids is 1. The Kier molecular flexibility index (Phi) is 4.48. The van der Waals surface area contributed by atoms with Gasteiger partial charge in [0.25, 0.3) is 0 Å². The number of carbonyl (C=O) groups is 1. The van der Waals surface area contributed by atoms with Crippen LogP contribution in [0.3, 0.4) is 0 Å². The number of hydrogen-bond donors (Lipinski definition) is 2. The summed E-state index contributed by atoms with van der Waals surface area (Å²) in [4.78, 5) is 18.2. The van der Waals surface area contributed by atoms with Crippen molar-refractivity contribution in [3.05, 3.63) is 53.9 Å². The second kappa shape index (κ2) is 7.19. The second-order valence-electron chi connectivity index (χ2n) is 7.65. The third-order valence-corrected chi connectivity index (χ3v) is 5.38. The van der Waals surface area contributed by atoms with Crippen LogP contribution in [0.5, 0.6) is 0 Å². The minimum absolute atomic E-state index is 0.00284. The lowest BCUT2D eigenvalue weighted by Gasteiger charge is -2.26. The molecule has 2 N–H and O–H groups in total. The van der Waals surface area contributed by atoms with Gasteiger partial charge in [-0.15, -0.1) is 0 Å². The zero-order chi connectivity index (χ0) is 20.8. The molecule has 2 aliphatic rings. The number of alkyl halides is 1. The quantitative estimate of drug-likeness (QED) is 0.682. The van der Waals surface area contributed by atoms with Crippen LogP contribution in [0.2, 0.25) is 0 Å². The fourth-order valence-electron chi connectivity index (χ4n) is 3.78. The van der Waals surface area contributed by atoms with E-state index in [0.717, 1.165) is 31.0 Å². The summed E-state index contributed by atoms with van der Waals surface area (Å²) in [5.41, 5.74) is 0.867. The molecule has 2 aromatic heterocycles. The number of fused-ring (bicyclic) bond motifs is 1. The van der Waals surface area contributed by atoms with Crippen LogP contribution in [0.25, 0.3) is 5.65 Å². The third kappa shape index (κ3) is 3.53. The Morgan fingerprint density at radius 1 is 1.20 bits per heavy atom. The molecule has 2 amide bonds. The number of urea groups is 1. The molecule has 1 aliphatic heterocycles. The van der Waals surface area contributed by atoms with E-state index in [-0.39, 0.29) is 30.6 Å². The van der Waals surface area contributed by atoms with Crippen LogP contribution >= 0.6 is 0 Å². The summed E-state index contributed by atoms with van der Waals surface area (Å²) in [6, 6.07) is 3.97. The van der Waals surface area contributed by atoms with Gasteiger partial charge in [-0.25, -0.2) is 27.5 Å². The van der Waals surface area contributed by atoms with E-state index in [9.17, 15) is 18.0 Å². The number of rotatable bonds is 4. The predicted octanol–water partition coefficient (Wildman–Crippen LogP) is 3.58. The number of aromatic nitrogens is 3. The minimum atomic E-state index is -1.21. The van der Waals surface area contributed by atoms with Crippen LogP contribution in [-0.4, -0.2) is 39.4 Å². The first-order chi connectivity index (χ1) is 14.5. The number of anilines is 2. The van der Waals surface area contributed by atoms with E-state index in [0.29, 0.717) is 17.2 Å². The first-order valence-corrected chi connectivity index (χ1v) is 9.75. The van der Waals surface area contributed by atoms with Crippen molar-refractivity contribution in [2.45, 2.75) is 37.5 Å². The van der Waals surface area contributed by atoms with Gasteiger partial charge in [0.1, 0.15) is 29.3 Å². The number of amides is 2. The third-order valence-electron chi connectivity index (χ3n) is 5.38. The summed E-state index contributed by atoms with van der Waals surface area (Å²) in [6.07, 6.45) is 3.85. The van der Waals surface area contributed by atoms with Gasteiger partial charge >= 0.3 is 6.03 Å². The molecular weight excluding hydrogens is 397 g/mol. The second-order valence-corrected chi connectivity index (χ2v) is 7.65. The molecule has 156 valence electrons. The van der Waals surface area contributed by atoms with E-state index < -0.39 is 23.8 Å². The molecular formula is C20H19F3N6O. The highest BCUT2D eigenvalue weighted by Gasteiger charge is 2.36. The van der Waals surface area contributed by atoms with Crippen LogP contribution in [0.1, 0.15) is 30.9 Å². The van der Waals surface area contributed by atoms with Crippen molar-refractivity contribution >= 4 is 23.2 Å². The van der Waals surface area contributed by atoms with Gasteiger partial charge in [-0.1, -0.05) is 0 Å². The van der Waals surface area contributed by atoms with Crippen molar-refractivity contribution in [3.8, 4) is 0 Å². The van der Waals surface area contributed by atoms with E-state index in [4.69, 9.17) is 0 Å². The van der Waals surface area contributed by atoms with Crippen molar-refractivity contribution in [3.63, 3.8) is 0 Å². The molecule has 10 heteroatoms. The lowest BCUT2D eigenvalue weighted by atomic mass is 10.0. The zero-order valence-electron chi connectivity index (χ0n) is 15.9. The smallest absolute Gasteiger partial charge is 0.319 e. The highest BCUT2D eigenvalue weighted by Crippen LogP contribution is 2.38. The van der Waals surface area contributed by atoms with Gasteiger partial charge in [-0.05, 0) is 37.1 Å². The summed E-state index contributed by atoms with van der Waals surface area (Å²) in [7, 11) is 0. The topological polar surface area (TPSA) is 74.6 Å². The van der Waals surface area contributed by atoms with Crippen LogP contribution in [0.4, 0.5) is 29.5 Å². The van der Waals surface area contributed by atoms with Crippen molar-refractivity contribution in [2.75, 3.05) is 16.8 Å². The van der Waals surface area contributed by atoms with E-state index >= 15 is 0 Å². The lowest BCUT2D eigenvalue weighted by molar-refractivity contribution is 0.251. The van der Waals surface area contributed by atoms with E-state index in [1.807, 2.05) is 0 Å².